The number of aromatic nitrogens is 2. The summed E-state index contributed by atoms with van der Waals surface area (Å²) < 4.78 is 7.36. The molecule has 156 valence electrons. The lowest BCUT2D eigenvalue weighted by molar-refractivity contribution is 0.0657. The van der Waals surface area contributed by atoms with Crippen LogP contribution in [0.4, 0.5) is 0 Å². The molecule has 0 bridgehead atoms. The lowest BCUT2D eigenvalue weighted by Crippen LogP contribution is -2.53. The second kappa shape index (κ2) is 9.30. The largest absolute Gasteiger partial charge is 0.459 e. The number of rotatable bonds is 5. The standard InChI is InChI=1S/C22H26N6O2/c1-23-22(27-13-11-26(12-14-27)21(29)19-8-5-15-30-19)25-16-20-24-9-10-28(20)17-18-6-3-2-4-7-18/h2-10,15H,11-14,16-17H2,1H3,(H,23,25). The van der Waals surface area contributed by atoms with Gasteiger partial charge in [0.1, 0.15) is 5.82 Å². The van der Waals surface area contributed by atoms with Crippen molar-refractivity contribution in [3.05, 3.63) is 78.3 Å². The van der Waals surface area contributed by atoms with Crippen LogP contribution < -0.4 is 5.32 Å². The van der Waals surface area contributed by atoms with Gasteiger partial charge in [-0.15, -0.1) is 0 Å². The van der Waals surface area contributed by atoms with E-state index in [0.717, 1.165) is 18.3 Å². The lowest BCUT2D eigenvalue weighted by Gasteiger charge is -2.36. The highest BCUT2D eigenvalue weighted by molar-refractivity contribution is 5.91. The molecular weight excluding hydrogens is 380 g/mol. The Balaban J connectivity index is 1.31. The Hall–Kier alpha value is -3.55. The van der Waals surface area contributed by atoms with Crippen LogP contribution in [0.25, 0.3) is 0 Å². The third-order valence-electron chi connectivity index (χ3n) is 5.21. The molecule has 3 aromatic rings. The van der Waals surface area contributed by atoms with Gasteiger partial charge in [0.05, 0.1) is 12.8 Å². The number of aliphatic imine (C=N–C) groups is 1. The molecule has 30 heavy (non-hydrogen) atoms. The zero-order valence-corrected chi connectivity index (χ0v) is 17.1. The van der Waals surface area contributed by atoms with Crippen molar-refractivity contribution in [3.8, 4) is 0 Å². The van der Waals surface area contributed by atoms with Crippen LogP contribution in [0, 0.1) is 0 Å². The highest BCUT2D eigenvalue weighted by Crippen LogP contribution is 2.10. The number of carbonyl (C=O) groups is 1. The molecule has 4 rings (SSSR count). The molecule has 1 aliphatic rings. The second-order valence-electron chi connectivity index (χ2n) is 7.11. The maximum absolute atomic E-state index is 12.4. The maximum atomic E-state index is 12.4. The number of piperazine rings is 1. The minimum absolute atomic E-state index is 0.0643. The van der Waals surface area contributed by atoms with E-state index < -0.39 is 0 Å². The molecule has 0 radical (unpaired) electrons. The van der Waals surface area contributed by atoms with Crippen molar-refractivity contribution in [2.45, 2.75) is 13.1 Å². The highest BCUT2D eigenvalue weighted by Gasteiger charge is 2.25. The summed E-state index contributed by atoms with van der Waals surface area (Å²) >= 11 is 0. The Morgan fingerprint density at radius 3 is 2.57 bits per heavy atom. The van der Waals surface area contributed by atoms with E-state index in [0.29, 0.717) is 38.5 Å². The fourth-order valence-electron chi connectivity index (χ4n) is 3.60. The molecule has 1 aromatic carbocycles. The minimum Gasteiger partial charge on any atom is -0.459 e. The van der Waals surface area contributed by atoms with Crippen LogP contribution in [-0.2, 0) is 13.1 Å². The van der Waals surface area contributed by atoms with E-state index in [2.05, 4.69) is 36.9 Å². The highest BCUT2D eigenvalue weighted by atomic mass is 16.3. The molecule has 1 N–H and O–H groups in total. The zero-order chi connectivity index (χ0) is 20.8. The van der Waals surface area contributed by atoms with Crippen molar-refractivity contribution >= 4 is 11.9 Å². The number of furan rings is 1. The predicted molar refractivity (Wildman–Crippen MR) is 114 cm³/mol. The molecule has 2 aromatic heterocycles. The van der Waals surface area contributed by atoms with E-state index in [9.17, 15) is 4.79 Å². The molecule has 0 atom stereocenters. The summed E-state index contributed by atoms with van der Waals surface area (Å²) in [5.74, 6) is 2.09. The van der Waals surface area contributed by atoms with Crippen molar-refractivity contribution in [3.63, 3.8) is 0 Å². The second-order valence-corrected chi connectivity index (χ2v) is 7.11. The van der Waals surface area contributed by atoms with Gasteiger partial charge in [-0.05, 0) is 17.7 Å². The van der Waals surface area contributed by atoms with E-state index in [1.165, 1.54) is 11.8 Å². The number of nitrogens with zero attached hydrogens (tertiary/aromatic N) is 5. The molecule has 8 nitrogen and oxygen atoms in total. The first kappa shape index (κ1) is 19.8. The summed E-state index contributed by atoms with van der Waals surface area (Å²) in [4.78, 5) is 25.3. The normalized spacial score (nSPS) is 14.8. The van der Waals surface area contributed by atoms with Crippen LogP contribution in [0.3, 0.4) is 0 Å². The van der Waals surface area contributed by atoms with Crippen LogP contribution in [-0.4, -0.2) is 64.4 Å². The first-order valence-electron chi connectivity index (χ1n) is 10.1. The Kier molecular flexibility index (Phi) is 6.12. The van der Waals surface area contributed by atoms with Gasteiger partial charge in [-0.1, -0.05) is 30.3 Å². The third-order valence-corrected chi connectivity index (χ3v) is 5.21. The van der Waals surface area contributed by atoms with Gasteiger partial charge in [0, 0.05) is 52.2 Å². The smallest absolute Gasteiger partial charge is 0.289 e. The van der Waals surface area contributed by atoms with Crippen LogP contribution in [0.1, 0.15) is 21.9 Å². The van der Waals surface area contributed by atoms with Gasteiger partial charge in [-0.25, -0.2) is 4.98 Å². The van der Waals surface area contributed by atoms with Crippen LogP contribution >= 0.6 is 0 Å². The SMILES string of the molecule is CN=C(NCc1nccn1Cc1ccccc1)N1CCN(C(=O)c2ccco2)CC1. The lowest BCUT2D eigenvalue weighted by atomic mass is 10.2. The summed E-state index contributed by atoms with van der Waals surface area (Å²) in [5.41, 5.74) is 1.23. The molecule has 1 saturated heterocycles. The van der Waals surface area contributed by atoms with Gasteiger partial charge in [-0.2, -0.15) is 0 Å². The molecule has 0 aliphatic carbocycles. The molecular formula is C22H26N6O2. The summed E-state index contributed by atoms with van der Waals surface area (Å²) in [6, 6.07) is 13.8. The Bertz CT molecular complexity index is 972. The number of carbonyl (C=O) groups excluding carboxylic acids is 1. The van der Waals surface area contributed by atoms with Crippen LogP contribution in [0.2, 0.25) is 0 Å². The van der Waals surface area contributed by atoms with E-state index >= 15 is 0 Å². The minimum atomic E-state index is -0.0643. The number of nitrogens with one attached hydrogen (secondary N) is 1. The molecule has 8 heteroatoms. The van der Waals surface area contributed by atoms with Crippen LogP contribution in [0.15, 0.2) is 70.5 Å². The summed E-state index contributed by atoms with van der Waals surface area (Å²) in [7, 11) is 1.78. The van der Waals surface area contributed by atoms with E-state index in [4.69, 9.17) is 4.42 Å². The predicted octanol–water partition coefficient (Wildman–Crippen LogP) is 2.06. The van der Waals surface area contributed by atoms with Gasteiger partial charge in [0.25, 0.3) is 5.91 Å². The zero-order valence-electron chi connectivity index (χ0n) is 17.1. The van der Waals surface area contributed by atoms with E-state index in [1.807, 2.05) is 35.5 Å². The first-order valence-corrected chi connectivity index (χ1v) is 10.1. The van der Waals surface area contributed by atoms with Crippen molar-refractivity contribution < 1.29 is 9.21 Å². The van der Waals surface area contributed by atoms with Crippen molar-refractivity contribution in [2.75, 3.05) is 33.2 Å². The average Bonchev–Trinajstić information content (AvgIpc) is 3.47. The number of hydrogen-bond donors (Lipinski definition) is 1. The Morgan fingerprint density at radius 2 is 1.87 bits per heavy atom. The van der Waals surface area contributed by atoms with Gasteiger partial charge in [0.2, 0.25) is 0 Å². The fraction of sp³-hybridized carbons (Fsp3) is 0.318. The van der Waals surface area contributed by atoms with Crippen molar-refractivity contribution in [1.82, 2.24) is 24.7 Å². The van der Waals surface area contributed by atoms with E-state index in [1.54, 1.807) is 19.2 Å². The summed E-state index contributed by atoms with van der Waals surface area (Å²) in [6.45, 7) is 4.04. The monoisotopic (exact) mass is 406 g/mol. The van der Waals surface area contributed by atoms with Gasteiger partial charge >= 0.3 is 0 Å². The molecule has 0 spiro atoms. The van der Waals surface area contributed by atoms with Gasteiger partial charge in [-0.3, -0.25) is 9.79 Å². The Labute approximate surface area is 175 Å². The number of imidazole rings is 1. The number of benzene rings is 1. The average molecular weight is 406 g/mol. The molecule has 0 saturated carbocycles. The Morgan fingerprint density at radius 1 is 1.10 bits per heavy atom. The molecule has 1 amide bonds. The molecule has 1 fully saturated rings. The first-order chi connectivity index (χ1) is 14.7. The third kappa shape index (κ3) is 4.53. The number of hydrogen-bond acceptors (Lipinski definition) is 4. The topological polar surface area (TPSA) is 78.9 Å². The summed E-state index contributed by atoms with van der Waals surface area (Å²) in [5, 5.41) is 3.41. The van der Waals surface area contributed by atoms with Crippen LogP contribution in [0.5, 0.6) is 0 Å². The maximum Gasteiger partial charge on any atom is 0.289 e. The van der Waals surface area contributed by atoms with Gasteiger partial charge < -0.3 is 24.1 Å². The van der Waals surface area contributed by atoms with Gasteiger partial charge in [0.15, 0.2) is 11.7 Å². The molecule has 3 heterocycles. The quantitative estimate of drug-likeness (QED) is 0.518. The van der Waals surface area contributed by atoms with Crippen molar-refractivity contribution in [1.29, 1.82) is 0 Å². The summed E-state index contributed by atoms with van der Waals surface area (Å²) in [6.07, 6.45) is 5.34. The fourth-order valence-corrected chi connectivity index (χ4v) is 3.60. The molecule has 0 unspecified atom stereocenters. The van der Waals surface area contributed by atoms with Crippen molar-refractivity contribution in [2.24, 2.45) is 4.99 Å². The molecule has 1 aliphatic heterocycles. The number of amides is 1. The van der Waals surface area contributed by atoms with E-state index in [-0.39, 0.29) is 5.91 Å². The number of guanidine groups is 1.